The second kappa shape index (κ2) is 7.88. The summed E-state index contributed by atoms with van der Waals surface area (Å²) in [5.74, 6) is 0.782. The Morgan fingerprint density at radius 3 is 2.97 bits per heavy atom. The normalized spacial score (nSPS) is 13.5. The van der Waals surface area contributed by atoms with Crippen molar-refractivity contribution in [2.45, 2.75) is 10.1 Å². The number of hydrogen-bond donors (Lipinski definition) is 2. The van der Waals surface area contributed by atoms with Crippen LogP contribution in [0.25, 0.3) is 22.1 Å². The second-order valence-electron chi connectivity index (χ2n) is 6.72. The van der Waals surface area contributed by atoms with E-state index in [2.05, 4.69) is 20.5 Å². The molecule has 8 nitrogen and oxygen atoms in total. The van der Waals surface area contributed by atoms with Gasteiger partial charge in [-0.15, -0.1) is 10.2 Å². The van der Waals surface area contributed by atoms with Gasteiger partial charge in [0.15, 0.2) is 23.0 Å². The lowest BCUT2D eigenvalue weighted by molar-refractivity contribution is 0.173. The van der Waals surface area contributed by atoms with Gasteiger partial charge in [0.2, 0.25) is 5.16 Å². The fraction of sp³-hybridized carbons (Fsp3) is 0.143. The molecule has 31 heavy (non-hydrogen) atoms. The van der Waals surface area contributed by atoms with Crippen molar-refractivity contribution in [1.82, 2.24) is 24.9 Å². The van der Waals surface area contributed by atoms with Crippen molar-refractivity contribution in [2.24, 2.45) is 0 Å². The quantitative estimate of drug-likeness (QED) is 0.462. The molecule has 0 atom stereocenters. The SMILES string of the molecule is CN/C=C(\C=N)c1cc(F)c2nnc(Sc3ccc4ncc5c(c4c3)OCCO5)n2c1. The van der Waals surface area contributed by atoms with Gasteiger partial charge in [-0.25, -0.2) is 4.39 Å². The van der Waals surface area contributed by atoms with E-state index in [1.807, 2.05) is 18.2 Å². The highest BCUT2D eigenvalue weighted by molar-refractivity contribution is 7.99. The third-order valence-electron chi connectivity index (χ3n) is 4.77. The number of ether oxygens (including phenoxy) is 2. The largest absolute Gasteiger partial charge is 0.485 e. The van der Waals surface area contributed by atoms with Crippen molar-refractivity contribution in [3.05, 3.63) is 54.2 Å². The monoisotopic (exact) mass is 436 g/mol. The minimum atomic E-state index is -0.511. The van der Waals surface area contributed by atoms with E-state index in [4.69, 9.17) is 14.9 Å². The van der Waals surface area contributed by atoms with Crippen LogP contribution in [0.2, 0.25) is 0 Å². The highest BCUT2D eigenvalue weighted by atomic mass is 32.2. The van der Waals surface area contributed by atoms with E-state index in [0.717, 1.165) is 22.0 Å². The molecule has 1 aliphatic rings. The molecule has 5 rings (SSSR count). The number of rotatable bonds is 5. The summed E-state index contributed by atoms with van der Waals surface area (Å²) in [5.41, 5.74) is 1.99. The number of fused-ring (bicyclic) bond motifs is 4. The summed E-state index contributed by atoms with van der Waals surface area (Å²) >= 11 is 1.35. The van der Waals surface area contributed by atoms with Crippen LogP contribution in [0.5, 0.6) is 11.5 Å². The van der Waals surface area contributed by atoms with Crippen molar-refractivity contribution < 1.29 is 13.9 Å². The minimum absolute atomic E-state index is 0.122. The first-order valence-corrected chi connectivity index (χ1v) is 10.3. The average Bonchev–Trinajstić information content (AvgIpc) is 3.20. The molecule has 2 N–H and O–H groups in total. The third-order valence-corrected chi connectivity index (χ3v) is 5.72. The third kappa shape index (κ3) is 3.44. The van der Waals surface area contributed by atoms with Gasteiger partial charge in [0.05, 0.1) is 11.7 Å². The van der Waals surface area contributed by atoms with Crippen LogP contribution in [-0.4, -0.2) is 46.1 Å². The topological polar surface area (TPSA) is 97.4 Å². The molecular formula is C21H17FN6O2S. The van der Waals surface area contributed by atoms with Gasteiger partial charge in [0, 0.05) is 47.1 Å². The van der Waals surface area contributed by atoms with Crippen LogP contribution < -0.4 is 14.8 Å². The minimum Gasteiger partial charge on any atom is -0.485 e. The lowest BCUT2D eigenvalue weighted by atomic mass is 10.1. The summed E-state index contributed by atoms with van der Waals surface area (Å²) in [6.45, 7) is 0.976. The first-order valence-electron chi connectivity index (χ1n) is 9.46. The summed E-state index contributed by atoms with van der Waals surface area (Å²) in [4.78, 5) is 5.29. The fourth-order valence-corrected chi connectivity index (χ4v) is 4.21. The molecule has 0 bridgehead atoms. The van der Waals surface area contributed by atoms with Crippen LogP contribution in [0, 0.1) is 11.2 Å². The zero-order valence-corrected chi connectivity index (χ0v) is 17.2. The average molecular weight is 436 g/mol. The number of nitrogens with zero attached hydrogens (tertiary/aromatic N) is 4. The molecule has 0 saturated heterocycles. The van der Waals surface area contributed by atoms with Gasteiger partial charge in [-0.2, -0.15) is 0 Å². The van der Waals surface area contributed by atoms with Gasteiger partial charge in [-0.3, -0.25) is 9.38 Å². The van der Waals surface area contributed by atoms with Gasteiger partial charge >= 0.3 is 0 Å². The molecule has 0 saturated carbocycles. The van der Waals surface area contributed by atoms with Gasteiger partial charge in [-0.1, -0.05) is 0 Å². The van der Waals surface area contributed by atoms with Crippen LogP contribution in [0.15, 0.2) is 52.9 Å². The molecule has 1 aromatic carbocycles. The molecule has 0 radical (unpaired) electrons. The smallest absolute Gasteiger partial charge is 0.200 e. The van der Waals surface area contributed by atoms with E-state index >= 15 is 0 Å². The Hall–Kier alpha value is -3.66. The maximum Gasteiger partial charge on any atom is 0.200 e. The molecule has 4 aromatic rings. The van der Waals surface area contributed by atoms with Crippen molar-refractivity contribution in [1.29, 1.82) is 5.41 Å². The molecule has 4 heterocycles. The molecule has 3 aromatic heterocycles. The molecule has 0 spiro atoms. The summed E-state index contributed by atoms with van der Waals surface area (Å²) in [7, 11) is 1.72. The first-order chi connectivity index (χ1) is 15.2. The van der Waals surface area contributed by atoms with Gasteiger partial charge < -0.3 is 20.2 Å². The summed E-state index contributed by atoms with van der Waals surface area (Å²) in [5, 5.41) is 20.0. The first kappa shape index (κ1) is 19.3. The van der Waals surface area contributed by atoms with Crippen LogP contribution in [0.1, 0.15) is 5.56 Å². The molecule has 0 unspecified atom stereocenters. The van der Waals surface area contributed by atoms with Gasteiger partial charge in [-0.05, 0) is 36.0 Å². The second-order valence-corrected chi connectivity index (χ2v) is 7.76. The summed E-state index contributed by atoms with van der Waals surface area (Å²) in [6, 6.07) is 7.11. The van der Waals surface area contributed by atoms with Crippen molar-refractivity contribution in [3.8, 4) is 11.5 Å². The predicted molar refractivity (Wildman–Crippen MR) is 116 cm³/mol. The Kier molecular flexibility index (Phi) is 4.91. The van der Waals surface area contributed by atoms with Crippen molar-refractivity contribution in [2.75, 3.05) is 20.3 Å². The standard InChI is InChI=1S/C21H17FN6O2S/c1-24-9-13(8-23)12-6-16(22)20-26-27-21(28(20)11-12)31-14-2-3-17-15(7-14)19-18(10-25-17)29-4-5-30-19/h2-3,6-11,23-24H,4-5H2,1H3/b13-9+,23-8?. The number of hydrogen-bond acceptors (Lipinski definition) is 8. The van der Waals surface area contributed by atoms with Gasteiger partial charge in [0.1, 0.15) is 13.2 Å². The van der Waals surface area contributed by atoms with Crippen molar-refractivity contribution >= 4 is 40.1 Å². The number of nitrogens with one attached hydrogen (secondary N) is 2. The molecule has 1 aliphatic heterocycles. The Balaban J connectivity index is 1.57. The van der Waals surface area contributed by atoms with Crippen molar-refractivity contribution in [3.63, 3.8) is 0 Å². The van der Waals surface area contributed by atoms with E-state index in [1.54, 1.807) is 30.0 Å². The van der Waals surface area contributed by atoms with E-state index in [1.165, 1.54) is 17.8 Å². The van der Waals surface area contributed by atoms with Crippen LogP contribution >= 0.6 is 11.8 Å². The molecule has 0 fully saturated rings. The number of aromatic nitrogens is 4. The maximum absolute atomic E-state index is 14.6. The molecule has 0 amide bonds. The van der Waals surface area contributed by atoms with Crippen LogP contribution in [0.3, 0.4) is 0 Å². The summed E-state index contributed by atoms with van der Waals surface area (Å²) < 4.78 is 27.6. The highest BCUT2D eigenvalue weighted by Crippen LogP contribution is 2.39. The zero-order chi connectivity index (χ0) is 21.4. The van der Waals surface area contributed by atoms with Crippen LogP contribution in [-0.2, 0) is 0 Å². The molecule has 10 heteroatoms. The molecule has 0 aliphatic carbocycles. The molecular weight excluding hydrogens is 419 g/mol. The highest BCUT2D eigenvalue weighted by Gasteiger charge is 2.18. The Bertz CT molecular complexity index is 1350. The number of allylic oxidation sites excluding steroid dienone is 1. The maximum atomic E-state index is 14.6. The van der Waals surface area contributed by atoms with Crippen LogP contribution in [0.4, 0.5) is 4.39 Å². The van der Waals surface area contributed by atoms with Gasteiger partial charge in [0.25, 0.3) is 0 Å². The predicted octanol–water partition coefficient (Wildman–Crippen LogP) is 3.55. The lowest BCUT2D eigenvalue weighted by Crippen LogP contribution is -2.15. The Labute approximate surface area is 180 Å². The Morgan fingerprint density at radius 2 is 2.13 bits per heavy atom. The number of halogens is 1. The number of benzene rings is 1. The zero-order valence-electron chi connectivity index (χ0n) is 16.4. The van der Waals surface area contributed by atoms with E-state index in [9.17, 15) is 4.39 Å². The fourth-order valence-electron chi connectivity index (χ4n) is 3.37. The van der Waals surface area contributed by atoms with E-state index in [-0.39, 0.29) is 5.65 Å². The van der Waals surface area contributed by atoms with E-state index < -0.39 is 5.82 Å². The summed E-state index contributed by atoms with van der Waals surface area (Å²) in [6.07, 6.45) is 6.18. The van der Waals surface area contributed by atoms with E-state index in [0.29, 0.717) is 41.0 Å². The molecule has 156 valence electrons. The number of pyridine rings is 2. The Morgan fingerprint density at radius 1 is 1.26 bits per heavy atom. The lowest BCUT2D eigenvalue weighted by Gasteiger charge is -2.19.